The third-order valence-electron chi connectivity index (χ3n) is 1.40. The topological polar surface area (TPSA) is 68.0 Å². The van der Waals surface area contributed by atoms with Gasteiger partial charge >= 0.3 is 0 Å². The molecule has 0 aliphatic carbocycles. The second kappa shape index (κ2) is 3.77. The van der Waals surface area contributed by atoms with Crippen molar-refractivity contribution in [3.8, 4) is 0 Å². The highest BCUT2D eigenvalue weighted by Gasteiger charge is 2.15. The summed E-state index contributed by atoms with van der Waals surface area (Å²) in [5, 5.41) is 6.46. The Morgan fingerprint density at radius 2 is 2.14 bits per heavy atom. The molecule has 0 bridgehead atoms. The number of aryl methyl sites for hydroxylation is 1. The molecule has 0 saturated heterocycles. The van der Waals surface area contributed by atoms with Crippen molar-refractivity contribution in [1.29, 1.82) is 0 Å². The Morgan fingerprint density at radius 1 is 1.50 bits per heavy atom. The lowest BCUT2D eigenvalue weighted by Crippen LogP contribution is -2.41. The number of hydrogen-bond acceptors (Lipinski definition) is 4. The number of carbonyl (C=O) groups excluding carboxylic acids is 1. The van der Waals surface area contributed by atoms with Crippen LogP contribution in [0.3, 0.4) is 0 Å². The van der Waals surface area contributed by atoms with Gasteiger partial charge in [0, 0.05) is 12.5 Å². The van der Waals surface area contributed by atoms with Crippen LogP contribution in [-0.4, -0.2) is 21.6 Å². The molecular formula is C9H15N3O2. The molecule has 0 aliphatic heterocycles. The van der Waals surface area contributed by atoms with E-state index in [2.05, 4.69) is 15.5 Å². The molecule has 1 rings (SSSR count). The van der Waals surface area contributed by atoms with Gasteiger partial charge in [0.15, 0.2) is 5.82 Å². The Labute approximate surface area is 82.9 Å². The minimum absolute atomic E-state index is 0.0988. The zero-order chi connectivity index (χ0) is 10.8. The van der Waals surface area contributed by atoms with Gasteiger partial charge in [-0.2, -0.15) is 4.98 Å². The van der Waals surface area contributed by atoms with Gasteiger partial charge in [-0.25, -0.2) is 0 Å². The second-order valence-electron chi connectivity index (χ2n) is 4.20. The Morgan fingerprint density at radius 3 is 2.57 bits per heavy atom. The molecular weight excluding hydrogens is 182 g/mol. The number of nitrogens with zero attached hydrogens (tertiary/aromatic N) is 2. The summed E-state index contributed by atoms with van der Waals surface area (Å²) in [6, 6.07) is 0. The number of nitrogens with one attached hydrogen (secondary N) is 1. The third kappa shape index (κ3) is 3.55. The van der Waals surface area contributed by atoms with E-state index < -0.39 is 0 Å². The molecule has 0 saturated carbocycles. The van der Waals surface area contributed by atoms with E-state index >= 15 is 0 Å². The minimum atomic E-state index is -0.226. The van der Waals surface area contributed by atoms with Gasteiger partial charge in [-0.05, 0) is 20.8 Å². The van der Waals surface area contributed by atoms with Crippen molar-refractivity contribution in [3.63, 3.8) is 0 Å². The molecule has 0 radical (unpaired) electrons. The first-order valence-corrected chi connectivity index (χ1v) is 4.47. The molecule has 1 aromatic rings. The molecule has 1 aromatic heterocycles. The van der Waals surface area contributed by atoms with Crippen molar-refractivity contribution in [3.05, 3.63) is 11.7 Å². The van der Waals surface area contributed by atoms with Crippen molar-refractivity contribution in [2.24, 2.45) is 0 Å². The zero-order valence-corrected chi connectivity index (χ0v) is 8.92. The van der Waals surface area contributed by atoms with Gasteiger partial charge in [-0.1, -0.05) is 5.16 Å². The summed E-state index contributed by atoms with van der Waals surface area (Å²) >= 11 is 0. The fraction of sp³-hybridized carbons (Fsp3) is 0.667. The smallest absolute Gasteiger partial charge is 0.228 e. The van der Waals surface area contributed by atoms with E-state index in [0.717, 1.165) is 0 Å². The van der Waals surface area contributed by atoms with Crippen LogP contribution in [0.5, 0.6) is 0 Å². The maximum atomic E-state index is 11.4. The molecule has 78 valence electrons. The number of aromatic nitrogens is 2. The van der Waals surface area contributed by atoms with Crippen molar-refractivity contribution in [1.82, 2.24) is 15.5 Å². The predicted molar refractivity (Wildman–Crippen MR) is 50.6 cm³/mol. The molecule has 0 unspecified atom stereocenters. The van der Waals surface area contributed by atoms with Crippen LogP contribution in [0.2, 0.25) is 0 Å². The summed E-state index contributed by atoms with van der Waals surface area (Å²) in [4.78, 5) is 15.3. The third-order valence-corrected chi connectivity index (χ3v) is 1.40. The number of amides is 1. The van der Waals surface area contributed by atoms with Gasteiger partial charge < -0.3 is 9.84 Å². The van der Waals surface area contributed by atoms with Crippen LogP contribution in [0.25, 0.3) is 0 Å². The summed E-state index contributed by atoms with van der Waals surface area (Å²) < 4.78 is 4.75. The Kier molecular flexibility index (Phi) is 2.88. The van der Waals surface area contributed by atoms with E-state index in [1.54, 1.807) is 6.92 Å². The van der Waals surface area contributed by atoms with Crippen LogP contribution in [0.1, 0.15) is 32.5 Å². The van der Waals surface area contributed by atoms with Crippen LogP contribution in [0.15, 0.2) is 4.52 Å². The summed E-state index contributed by atoms with van der Waals surface area (Å²) in [6.45, 7) is 7.46. The highest BCUT2D eigenvalue weighted by atomic mass is 16.5. The maximum absolute atomic E-state index is 11.4. The molecule has 5 nitrogen and oxygen atoms in total. The van der Waals surface area contributed by atoms with Crippen molar-refractivity contribution in [2.75, 3.05) is 0 Å². The van der Waals surface area contributed by atoms with E-state index in [1.165, 1.54) is 0 Å². The molecule has 0 aliphatic rings. The van der Waals surface area contributed by atoms with Crippen molar-refractivity contribution < 1.29 is 9.32 Å². The van der Waals surface area contributed by atoms with Crippen LogP contribution in [-0.2, 0) is 11.2 Å². The standard InChI is InChI=1S/C9H15N3O2/c1-6-10-7(12-14-6)5-8(13)11-9(2,3)4/h5H2,1-4H3,(H,11,13). The van der Waals surface area contributed by atoms with E-state index in [-0.39, 0.29) is 17.9 Å². The molecule has 5 heteroatoms. The first kappa shape index (κ1) is 10.7. The van der Waals surface area contributed by atoms with Gasteiger partial charge in [0.2, 0.25) is 11.8 Å². The van der Waals surface area contributed by atoms with Crippen LogP contribution >= 0.6 is 0 Å². The normalized spacial score (nSPS) is 11.4. The minimum Gasteiger partial charge on any atom is -0.351 e. The second-order valence-corrected chi connectivity index (χ2v) is 4.20. The van der Waals surface area contributed by atoms with Crippen LogP contribution in [0.4, 0.5) is 0 Å². The summed E-state index contributed by atoms with van der Waals surface area (Å²) in [7, 11) is 0. The molecule has 0 atom stereocenters. The van der Waals surface area contributed by atoms with E-state index in [0.29, 0.717) is 11.7 Å². The lowest BCUT2D eigenvalue weighted by molar-refractivity contribution is -0.121. The zero-order valence-electron chi connectivity index (χ0n) is 8.92. The quantitative estimate of drug-likeness (QED) is 0.762. The molecule has 1 N–H and O–H groups in total. The van der Waals surface area contributed by atoms with Gasteiger partial charge in [0.25, 0.3) is 0 Å². The highest BCUT2D eigenvalue weighted by molar-refractivity contribution is 5.78. The summed E-state index contributed by atoms with van der Waals surface area (Å²) in [6.07, 6.45) is 0.161. The van der Waals surface area contributed by atoms with Crippen LogP contribution in [0, 0.1) is 6.92 Å². The number of hydrogen-bond donors (Lipinski definition) is 1. The largest absolute Gasteiger partial charge is 0.351 e. The molecule has 14 heavy (non-hydrogen) atoms. The molecule has 1 heterocycles. The summed E-state index contributed by atoms with van der Waals surface area (Å²) in [5.74, 6) is 0.797. The Balaban J connectivity index is 2.50. The SMILES string of the molecule is Cc1nc(CC(=O)NC(C)(C)C)no1. The summed E-state index contributed by atoms with van der Waals surface area (Å²) in [5.41, 5.74) is -0.226. The Hall–Kier alpha value is -1.39. The monoisotopic (exact) mass is 197 g/mol. The lowest BCUT2D eigenvalue weighted by atomic mass is 10.1. The fourth-order valence-corrected chi connectivity index (χ4v) is 1.02. The van der Waals surface area contributed by atoms with Gasteiger partial charge in [0.1, 0.15) is 0 Å². The van der Waals surface area contributed by atoms with E-state index in [9.17, 15) is 4.79 Å². The first-order chi connectivity index (χ1) is 6.37. The molecule has 0 fully saturated rings. The fourth-order valence-electron chi connectivity index (χ4n) is 1.02. The molecule has 0 aromatic carbocycles. The predicted octanol–water partition coefficient (Wildman–Crippen LogP) is 0.835. The van der Waals surface area contributed by atoms with Gasteiger partial charge in [-0.15, -0.1) is 0 Å². The van der Waals surface area contributed by atoms with Gasteiger partial charge in [0.05, 0.1) is 6.42 Å². The van der Waals surface area contributed by atoms with Crippen molar-refractivity contribution in [2.45, 2.75) is 39.7 Å². The number of carbonyl (C=O) groups is 1. The number of rotatable bonds is 2. The first-order valence-electron chi connectivity index (χ1n) is 4.47. The Bertz CT molecular complexity index is 325. The highest BCUT2D eigenvalue weighted by Crippen LogP contribution is 2.01. The maximum Gasteiger partial charge on any atom is 0.228 e. The lowest BCUT2D eigenvalue weighted by Gasteiger charge is -2.19. The van der Waals surface area contributed by atoms with Crippen LogP contribution < -0.4 is 5.32 Å². The van der Waals surface area contributed by atoms with Gasteiger partial charge in [-0.3, -0.25) is 4.79 Å². The van der Waals surface area contributed by atoms with Crippen molar-refractivity contribution >= 4 is 5.91 Å². The molecule has 0 spiro atoms. The average Bonchev–Trinajstić information content (AvgIpc) is 2.30. The van der Waals surface area contributed by atoms with E-state index in [1.807, 2.05) is 20.8 Å². The average molecular weight is 197 g/mol. The molecule has 1 amide bonds. The van der Waals surface area contributed by atoms with E-state index in [4.69, 9.17) is 4.52 Å².